The van der Waals surface area contributed by atoms with Gasteiger partial charge in [-0.25, -0.2) is 0 Å². The summed E-state index contributed by atoms with van der Waals surface area (Å²) in [5.74, 6) is 0.795. The average molecular weight is 351 g/mol. The van der Waals surface area contributed by atoms with Gasteiger partial charge in [-0.3, -0.25) is 9.69 Å². The molecule has 0 spiro atoms. The van der Waals surface area contributed by atoms with Crippen molar-refractivity contribution in [2.75, 3.05) is 18.4 Å². The van der Waals surface area contributed by atoms with Crippen molar-refractivity contribution in [2.24, 2.45) is 5.92 Å². The highest BCUT2D eigenvalue weighted by atomic mass is 16.1. The second-order valence-corrected chi connectivity index (χ2v) is 7.80. The van der Waals surface area contributed by atoms with Gasteiger partial charge in [0.15, 0.2) is 0 Å². The smallest absolute Gasteiger partial charge is 0.227 e. The first kappa shape index (κ1) is 18.7. The van der Waals surface area contributed by atoms with Crippen LogP contribution in [0.25, 0.3) is 0 Å². The number of nitrogens with one attached hydrogen (secondary N) is 1. The number of piperidine rings is 1. The van der Waals surface area contributed by atoms with Crippen LogP contribution in [0, 0.1) is 12.8 Å². The third kappa shape index (κ3) is 4.95. The van der Waals surface area contributed by atoms with Crippen LogP contribution >= 0.6 is 0 Å². The fraction of sp³-hybridized carbons (Fsp3) is 0.435. The van der Waals surface area contributed by atoms with E-state index in [1.807, 2.05) is 12.1 Å². The van der Waals surface area contributed by atoms with E-state index in [1.54, 1.807) is 0 Å². The Morgan fingerprint density at radius 2 is 1.65 bits per heavy atom. The van der Waals surface area contributed by atoms with E-state index in [0.29, 0.717) is 5.92 Å². The Hall–Kier alpha value is -2.13. The van der Waals surface area contributed by atoms with Crippen molar-refractivity contribution in [3.8, 4) is 0 Å². The first-order valence-electron chi connectivity index (χ1n) is 9.70. The van der Waals surface area contributed by atoms with Gasteiger partial charge in [0.1, 0.15) is 0 Å². The monoisotopic (exact) mass is 350 g/mol. The summed E-state index contributed by atoms with van der Waals surface area (Å²) in [4.78, 5) is 15.0. The van der Waals surface area contributed by atoms with Crippen LogP contribution in [0.2, 0.25) is 0 Å². The lowest BCUT2D eigenvalue weighted by Gasteiger charge is -2.31. The van der Waals surface area contributed by atoms with Crippen molar-refractivity contribution in [1.82, 2.24) is 4.90 Å². The molecule has 0 saturated carbocycles. The summed E-state index contributed by atoms with van der Waals surface area (Å²) in [7, 11) is 0. The highest BCUT2D eigenvalue weighted by Crippen LogP contribution is 2.22. The third-order valence-corrected chi connectivity index (χ3v) is 5.33. The highest BCUT2D eigenvalue weighted by Gasteiger charge is 2.25. The zero-order chi connectivity index (χ0) is 18.5. The second-order valence-electron chi connectivity index (χ2n) is 7.80. The number of carbonyl (C=O) groups excluding carboxylic acids is 1. The van der Waals surface area contributed by atoms with Gasteiger partial charge in [0, 0.05) is 18.2 Å². The second kappa shape index (κ2) is 8.50. The normalized spacial score (nSPS) is 16.0. The number of carbonyl (C=O) groups is 1. The van der Waals surface area contributed by atoms with Crippen LogP contribution in [0.3, 0.4) is 0 Å². The number of benzene rings is 2. The Balaban J connectivity index is 1.47. The van der Waals surface area contributed by atoms with Gasteiger partial charge in [-0.05, 0) is 62.0 Å². The first-order chi connectivity index (χ1) is 12.5. The third-order valence-electron chi connectivity index (χ3n) is 5.33. The van der Waals surface area contributed by atoms with Crippen molar-refractivity contribution in [3.05, 3.63) is 65.2 Å². The van der Waals surface area contributed by atoms with Crippen molar-refractivity contribution in [1.29, 1.82) is 0 Å². The predicted molar refractivity (Wildman–Crippen MR) is 108 cm³/mol. The molecule has 1 fully saturated rings. The molecule has 2 aromatic rings. The number of aryl methyl sites for hydroxylation is 1. The maximum absolute atomic E-state index is 12.6. The summed E-state index contributed by atoms with van der Waals surface area (Å²) < 4.78 is 0. The Bertz CT molecular complexity index is 711. The van der Waals surface area contributed by atoms with Crippen LogP contribution in [0.4, 0.5) is 5.69 Å². The lowest BCUT2D eigenvalue weighted by Crippen LogP contribution is -2.37. The van der Waals surface area contributed by atoms with Gasteiger partial charge in [-0.2, -0.15) is 0 Å². The predicted octanol–water partition coefficient (Wildman–Crippen LogP) is 4.97. The summed E-state index contributed by atoms with van der Waals surface area (Å²) in [5, 5.41) is 3.09. The number of hydrogen-bond acceptors (Lipinski definition) is 2. The van der Waals surface area contributed by atoms with E-state index in [0.717, 1.165) is 38.2 Å². The molecule has 0 radical (unpaired) electrons. The molecule has 0 atom stereocenters. The molecule has 1 N–H and O–H groups in total. The van der Waals surface area contributed by atoms with Crippen LogP contribution in [-0.2, 0) is 11.3 Å². The molecular weight excluding hydrogens is 320 g/mol. The molecule has 1 heterocycles. The summed E-state index contributed by atoms with van der Waals surface area (Å²) in [6.45, 7) is 9.42. The van der Waals surface area contributed by atoms with Gasteiger partial charge in [-0.1, -0.05) is 55.8 Å². The summed E-state index contributed by atoms with van der Waals surface area (Å²) in [6.07, 6.45) is 1.86. The zero-order valence-corrected chi connectivity index (χ0v) is 16.2. The van der Waals surface area contributed by atoms with E-state index >= 15 is 0 Å². The Labute approximate surface area is 157 Å². The Kier molecular flexibility index (Phi) is 6.10. The van der Waals surface area contributed by atoms with Gasteiger partial charge >= 0.3 is 0 Å². The molecule has 1 aliphatic heterocycles. The minimum Gasteiger partial charge on any atom is -0.326 e. The lowest BCUT2D eigenvalue weighted by atomic mass is 9.95. The molecule has 0 unspecified atom stereocenters. The SMILES string of the molecule is Cc1ccc(CN2CCC(C(=O)Nc3ccc(C(C)C)cc3)CC2)cc1. The molecule has 26 heavy (non-hydrogen) atoms. The van der Waals surface area contributed by atoms with Crippen LogP contribution in [0.1, 0.15) is 49.3 Å². The molecule has 1 amide bonds. The van der Waals surface area contributed by atoms with Gasteiger partial charge in [0.05, 0.1) is 0 Å². The Morgan fingerprint density at radius 3 is 2.23 bits per heavy atom. The minimum absolute atomic E-state index is 0.119. The van der Waals surface area contributed by atoms with Crippen molar-refractivity contribution in [2.45, 2.75) is 46.1 Å². The van der Waals surface area contributed by atoms with Crippen molar-refractivity contribution < 1.29 is 4.79 Å². The largest absolute Gasteiger partial charge is 0.326 e. The van der Waals surface area contributed by atoms with E-state index in [9.17, 15) is 4.79 Å². The van der Waals surface area contributed by atoms with Crippen LogP contribution < -0.4 is 5.32 Å². The molecule has 0 aromatic heterocycles. The first-order valence-corrected chi connectivity index (χ1v) is 9.70. The quantitative estimate of drug-likeness (QED) is 0.826. The molecule has 3 rings (SSSR count). The molecular formula is C23H30N2O. The maximum Gasteiger partial charge on any atom is 0.227 e. The molecule has 0 bridgehead atoms. The fourth-order valence-electron chi connectivity index (χ4n) is 3.50. The topological polar surface area (TPSA) is 32.3 Å². The Morgan fingerprint density at radius 1 is 1.04 bits per heavy atom. The van der Waals surface area contributed by atoms with Gasteiger partial charge in [-0.15, -0.1) is 0 Å². The van der Waals surface area contributed by atoms with E-state index in [-0.39, 0.29) is 11.8 Å². The standard InChI is InChI=1S/C23H30N2O/c1-17(2)20-8-10-22(11-9-20)24-23(26)21-12-14-25(15-13-21)16-19-6-4-18(3)5-7-19/h4-11,17,21H,12-16H2,1-3H3,(H,24,26). The number of rotatable bonds is 5. The molecule has 3 nitrogen and oxygen atoms in total. The van der Waals surface area contributed by atoms with E-state index < -0.39 is 0 Å². The van der Waals surface area contributed by atoms with Crippen molar-refractivity contribution >= 4 is 11.6 Å². The van der Waals surface area contributed by atoms with E-state index in [1.165, 1.54) is 16.7 Å². The highest BCUT2D eigenvalue weighted by molar-refractivity contribution is 5.92. The zero-order valence-electron chi connectivity index (χ0n) is 16.2. The fourth-order valence-corrected chi connectivity index (χ4v) is 3.50. The average Bonchev–Trinajstić information content (AvgIpc) is 2.64. The summed E-state index contributed by atoms with van der Waals surface area (Å²) in [5.41, 5.74) is 4.85. The summed E-state index contributed by atoms with van der Waals surface area (Å²) in [6, 6.07) is 17.0. The number of hydrogen-bond donors (Lipinski definition) is 1. The van der Waals surface area contributed by atoms with Crippen LogP contribution in [0.15, 0.2) is 48.5 Å². The molecule has 0 aliphatic carbocycles. The number of nitrogens with zero attached hydrogens (tertiary/aromatic N) is 1. The number of likely N-dealkylation sites (tertiary alicyclic amines) is 1. The molecule has 2 aromatic carbocycles. The van der Waals surface area contributed by atoms with Crippen molar-refractivity contribution in [3.63, 3.8) is 0 Å². The molecule has 138 valence electrons. The van der Waals surface area contributed by atoms with Gasteiger partial charge < -0.3 is 5.32 Å². The minimum atomic E-state index is 0.119. The molecule has 3 heteroatoms. The van der Waals surface area contributed by atoms with Crippen LogP contribution in [-0.4, -0.2) is 23.9 Å². The number of amides is 1. The molecule has 1 aliphatic rings. The van der Waals surface area contributed by atoms with E-state index in [4.69, 9.17) is 0 Å². The molecule has 1 saturated heterocycles. The van der Waals surface area contributed by atoms with Crippen LogP contribution in [0.5, 0.6) is 0 Å². The van der Waals surface area contributed by atoms with Gasteiger partial charge in [0.2, 0.25) is 5.91 Å². The number of anilines is 1. The lowest BCUT2D eigenvalue weighted by molar-refractivity contribution is -0.121. The maximum atomic E-state index is 12.6. The summed E-state index contributed by atoms with van der Waals surface area (Å²) >= 11 is 0. The van der Waals surface area contributed by atoms with E-state index in [2.05, 4.69) is 67.4 Å². The van der Waals surface area contributed by atoms with Gasteiger partial charge in [0.25, 0.3) is 0 Å².